The Morgan fingerprint density at radius 2 is 1.71 bits per heavy atom. The van der Waals surface area contributed by atoms with Gasteiger partial charge in [-0.3, -0.25) is 0 Å². The van der Waals surface area contributed by atoms with Crippen LogP contribution in [0.2, 0.25) is 0 Å². The molecule has 0 aliphatic rings. The van der Waals surface area contributed by atoms with E-state index >= 15 is 0 Å². The molecule has 0 fully saturated rings. The summed E-state index contributed by atoms with van der Waals surface area (Å²) < 4.78 is 24.5. The average molecular weight is 302 g/mol. The largest absolute Gasteiger partial charge is 0.276 e. The quantitative estimate of drug-likeness (QED) is 0.697. The summed E-state index contributed by atoms with van der Waals surface area (Å²) in [7, 11) is -3.64. The fourth-order valence-electron chi connectivity index (χ4n) is 1.94. The fourth-order valence-corrected chi connectivity index (χ4v) is 3.07. The summed E-state index contributed by atoms with van der Waals surface area (Å²) >= 11 is 0. The number of hydrogen-bond acceptors (Lipinski definition) is 3. The van der Waals surface area contributed by atoms with E-state index in [1.54, 1.807) is 19.1 Å². The Bertz CT molecular complexity index is 781. The first kappa shape index (κ1) is 15.3. The number of benzene rings is 2. The van der Waals surface area contributed by atoms with Crippen LogP contribution in [-0.2, 0) is 10.0 Å². The van der Waals surface area contributed by atoms with E-state index in [0.717, 1.165) is 16.7 Å². The molecule has 2 aromatic rings. The van der Waals surface area contributed by atoms with Crippen molar-refractivity contribution in [3.63, 3.8) is 0 Å². The zero-order valence-corrected chi connectivity index (χ0v) is 13.1. The van der Waals surface area contributed by atoms with Gasteiger partial charge in [0, 0.05) is 0 Å². The summed E-state index contributed by atoms with van der Waals surface area (Å²) in [5.74, 6) is 0. The molecule has 0 unspecified atom stereocenters. The van der Waals surface area contributed by atoms with Crippen molar-refractivity contribution in [1.29, 1.82) is 0 Å². The number of sulfonamides is 1. The molecule has 110 valence electrons. The Balaban J connectivity index is 2.23. The highest BCUT2D eigenvalue weighted by molar-refractivity contribution is 7.89. The lowest BCUT2D eigenvalue weighted by atomic mass is 10.1. The van der Waals surface area contributed by atoms with E-state index in [1.165, 1.54) is 6.21 Å². The molecule has 2 rings (SSSR count). The highest BCUT2D eigenvalue weighted by atomic mass is 32.2. The molecule has 4 nitrogen and oxygen atoms in total. The maximum atomic E-state index is 12.3. The number of nitrogens with zero attached hydrogens (tertiary/aromatic N) is 1. The summed E-state index contributed by atoms with van der Waals surface area (Å²) in [6, 6.07) is 12.9. The normalized spacial score (nSPS) is 11.8. The maximum Gasteiger partial charge on any atom is 0.276 e. The molecule has 2 aromatic carbocycles. The first-order chi connectivity index (χ1) is 9.90. The van der Waals surface area contributed by atoms with Gasteiger partial charge in [0.2, 0.25) is 0 Å². The van der Waals surface area contributed by atoms with Gasteiger partial charge in [-0.25, -0.2) is 4.83 Å². The Kier molecular flexibility index (Phi) is 4.43. The van der Waals surface area contributed by atoms with Crippen LogP contribution in [0.5, 0.6) is 0 Å². The SMILES string of the molecule is Cc1ccc(C)c(S(=O)(=O)NN=Cc2ccccc2C)c1. The molecule has 0 amide bonds. The van der Waals surface area contributed by atoms with Crippen molar-refractivity contribution in [2.45, 2.75) is 25.7 Å². The molecule has 0 heterocycles. The molecule has 0 saturated carbocycles. The molecule has 0 radical (unpaired) electrons. The highest BCUT2D eigenvalue weighted by Crippen LogP contribution is 2.16. The molecule has 0 aliphatic carbocycles. The van der Waals surface area contributed by atoms with Crippen molar-refractivity contribution in [3.05, 3.63) is 64.7 Å². The van der Waals surface area contributed by atoms with Gasteiger partial charge < -0.3 is 0 Å². The van der Waals surface area contributed by atoms with Gasteiger partial charge in [0.1, 0.15) is 0 Å². The molecule has 0 saturated heterocycles. The number of nitrogens with one attached hydrogen (secondary N) is 1. The molecule has 5 heteroatoms. The fraction of sp³-hybridized carbons (Fsp3) is 0.188. The Morgan fingerprint density at radius 1 is 1.00 bits per heavy atom. The van der Waals surface area contributed by atoms with Gasteiger partial charge in [0.15, 0.2) is 0 Å². The standard InChI is InChI=1S/C16H18N2O2S/c1-12-8-9-14(3)16(10-12)21(19,20)18-17-11-15-7-5-4-6-13(15)2/h4-11,18H,1-3H3. The lowest BCUT2D eigenvalue weighted by Crippen LogP contribution is -2.19. The van der Waals surface area contributed by atoms with Gasteiger partial charge in [0.25, 0.3) is 10.0 Å². The molecule has 0 spiro atoms. The number of rotatable bonds is 4. The second kappa shape index (κ2) is 6.10. The second-order valence-electron chi connectivity index (χ2n) is 4.98. The van der Waals surface area contributed by atoms with E-state index in [4.69, 9.17) is 0 Å². The van der Waals surface area contributed by atoms with Crippen LogP contribution in [0.4, 0.5) is 0 Å². The lowest BCUT2D eigenvalue weighted by Gasteiger charge is -2.07. The highest BCUT2D eigenvalue weighted by Gasteiger charge is 2.15. The minimum Gasteiger partial charge on any atom is -0.200 e. The van der Waals surface area contributed by atoms with Crippen molar-refractivity contribution < 1.29 is 8.42 Å². The molecular weight excluding hydrogens is 284 g/mol. The predicted octanol–water partition coefficient (Wildman–Crippen LogP) is 2.92. The summed E-state index contributed by atoms with van der Waals surface area (Å²) in [4.78, 5) is 2.51. The zero-order chi connectivity index (χ0) is 15.5. The molecule has 0 aliphatic heterocycles. The van der Waals surface area contributed by atoms with E-state index in [0.29, 0.717) is 5.56 Å². The van der Waals surface area contributed by atoms with Crippen molar-refractivity contribution in [2.24, 2.45) is 5.10 Å². The summed E-state index contributed by atoms with van der Waals surface area (Å²) in [5, 5.41) is 3.86. The lowest BCUT2D eigenvalue weighted by molar-refractivity contribution is 0.584. The van der Waals surface area contributed by atoms with Crippen LogP contribution in [0.15, 0.2) is 52.5 Å². The maximum absolute atomic E-state index is 12.3. The third-order valence-corrected chi connectivity index (χ3v) is 4.56. The van der Waals surface area contributed by atoms with Crippen LogP contribution in [0.1, 0.15) is 22.3 Å². The number of hydrazone groups is 1. The minimum absolute atomic E-state index is 0.254. The number of aryl methyl sites for hydroxylation is 3. The van der Waals surface area contributed by atoms with Crippen LogP contribution in [0.25, 0.3) is 0 Å². The smallest absolute Gasteiger partial charge is 0.200 e. The third-order valence-electron chi connectivity index (χ3n) is 3.20. The monoisotopic (exact) mass is 302 g/mol. The Labute approximate surface area is 125 Å². The van der Waals surface area contributed by atoms with E-state index in [9.17, 15) is 8.42 Å². The molecule has 0 aromatic heterocycles. The Morgan fingerprint density at radius 3 is 2.43 bits per heavy atom. The van der Waals surface area contributed by atoms with Crippen LogP contribution < -0.4 is 4.83 Å². The second-order valence-corrected chi connectivity index (χ2v) is 6.61. The minimum atomic E-state index is -3.64. The summed E-state index contributed by atoms with van der Waals surface area (Å²) in [6.45, 7) is 5.56. The third kappa shape index (κ3) is 3.70. The summed E-state index contributed by atoms with van der Waals surface area (Å²) in [6.07, 6.45) is 1.51. The van der Waals surface area contributed by atoms with Gasteiger partial charge >= 0.3 is 0 Å². The first-order valence-electron chi connectivity index (χ1n) is 6.58. The summed E-state index contributed by atoms with van der Waals surface area (Å²) in [5.41, 5.74) is 3.50. The van der Waals surface area contributed by atoms with Gasteiger partial charge in [0.05, 0.1) is 11.1 Å². The van der Waals surface area contributed by atoms with Crippen LogP contribution >= 0.6 is 0 Å². The van der Waals surface area contributed by atoms with Crippen molar-refractivity contribution in [1.82, 2.24) is 4.83 Å². The average Bonchev–Trinajstić information content (AvgIpc) is 2.43. The van der Waals surface area contributed by atoms with Crippen LogP contribution in [-0.4, -0.2) is 14.6 Å². The topological polar surface area (TPSA) is 58.5 Å². The van der Waals surface area contributed by atoms with Crippen molar-refractivity contribution >= 4 is 16.2 Å². The van der Waals surface area contributed by atoms with E-state index in [1.807, 2.05) is 44.2 Å². The van der Waals surface area contributed by atoms with E-state index in [-0.39, 0.29) is 4.90 Å². The molecule has 21 heavy (non-hydrogen) atoms. The Hall–Kier alpha value is -2.14. The number of hydrogen-bond donors (Lipinski definition) is 1. The zero-order valence-electron chi connectivity index (χ0n) is 12.3. The van der Waals surface area contributed by atoms with E-state index < -0.39 is 10.0 Å². The molecular formula is C16H18N2O2S. The van der Waals surface area contributed by atoms with Gasteiger partial charge in [-0.1, -0.05) is 36.4 Å². The van der Waals surface area contributed by atoms with Crippen LogP contribution in [0, 0.1) is 20.8 Å². The molecule has 1 N–H and O–H groups in total. The van der Waals surface area contributed by atoms with Gasteiger partial charge in [-0.15, -0.1) is 0 Å². The van der Waals surface area contributed by atoms with Gasteiger partial charge in [-0.05, 0) is 49.1 Å². The van der Waals surface area contributed by atoms with Gasteiger partial charge in [-0.2, -0.15) is 13.5 Å². The predicted molar refractivity (Wildman–Crippen MR) is 85.0 cm³/mol. The first-order valence-corrected chi connectivity index (χ1v) is 8.06. The van der Waals surface area contributed by atoms with Crippen molar-refractivity contribution in [2.75, 3.05) is 0 Å². The van der Waals surface area contributed by atoms with Crippen molar-refractivity contribution in [3.8, 4) is 0 Å². The van der Waals surface area contributed by atoms with Crippen LogP contribution in [0.3, 0.4) is 0 Å². The van der Waals surface area contributed by atoms with E-state index in [2.05, 4.69) is 9.93 Å². The molecule has 0 atom stereocenters. The molecule has 0 bridgehead atoms.